The first kappa shape index (κ1) is 24.1. The molecule has 1 aliphatic heterocycles. The van der Waals surface area contributed by atoms with Gasteiger partial charge in [0.15, 0.2) is 11.5 Å². The number of aromatic nitrogens is 2. The summed E-state index contributed by atoms with van der Waals surface area (Å²) in [6.07, 6.45) is 3.61. The molecule has 0 unspecified atom stereocenters. The number of anilines is 1. The van der Waals surface area contributed by atoms with Crippen molar-refractivity contribution in [3.63, 3.8) is 0 Å². The van der Waals surface area contributed by atoms with Crippen molar-refractivity contribution in [1.82, 2.24) is 15.3 Å². The summed E-state index contributed by atoms with van der Waals surface area (Å²) >= 11 is 1.68. The van der Waals surface area contributed by atoms with E-state index in [0.29, 0.717) is 13.0 Å². The van der Waals surface area contributed by atoms with Crippen molar-refractivity contribution >= 4 is 33.3 Å². The number of hydrogen-bond donors (Lipinski definition) is 1. The molecule has 182 valence electrons. The highest BCUT2D eigenvalue weighted by Crippen LogP contribution is 2.35. The first-order valence-electron chi connectivity index (χ1n) is 11.2. The van der Waals surface area contributed by atoms with Crippen molar-refractivity contribution in [2.45, 2.75) is 39.7 Å². The monoisotopic (exact) mass is 490 g/mol. The van der Waals surface area contributed by atoms with Gasteiger partial charge in [-0.25, -0.2) is 9.97 Å². The molecule has 1 aromatic carbocycles. The molecule has 10 heteroatoms. The molecule has 0 radical (unpaired) electrons. The summed E-state index contributed by atoms with van der Waals surface area (Å²) in [6, 6.07) is 4.88. The molecule has 1 fully saturated rings. The first-order valence-corrected chi connectivity index (χ1v) is 12.0. The highest BCUT2D eigenvalue weighted by molar-refractivity contribution is 7.18. The van der Waals surface area contributed by atoms with E-state index in [2.05, 4.69) is 38.8 Å². The van der Waals surface area contributed by atoms with Gasteiger partial charge in [-0.2, -0.15) is 8.78 Å². The molecule has 3 aromatic rings. The third-order valence-corrected chi connectivity index (χ3v) is 7.38. The highest BCUT2D eigenvalue weighted by Gasteiger charge is 2.27. The number of methoxy groups -OCH3 is 1. The van der Waals surface area contributed by atoms with Crippen LogP contribution in [0.15, 0.2) is 24.5 Å². The van der Waals surface area contributed by atoms with E-state index in [-0.39, 0.29) is 23.3 Å². The van der Waals surface area contributed by atoms with Gasteiger partial charge in [0.2, 0.25) is 5.91 Å². The van der Waals surface area contributed by atoms with Gasteiger partial charge in [0.1, 0.15) is 17.0 Å². The average molecular weight is 491 g/mol. The number of benzene rings is 1. The molecule has 1 N–H and O–H groups in total. The maximum atomic E-state index is 12.7. The van der Waals surface area contributed by atoms with Crippen LogP contribution in [0.2, 0.25) is 0 Å². The zero-order valence-corrected chi connectivity index (χ0v) is 20.3. The second-order valence-electron chi connectivity index (χ2n) is 8.33. The molecule has 0 aliphatic carbocycles. The van der Waals surface area contributed by atoms with Gasteiger partial charge in [-0.05, 0) is 56.4 Å². The standard InChI is InChI=1S/C24H28F2N4O3S/c1-14-15(2)34-23-20(14)21(28-13-29-23)30-10-7-17(8-11-30)22(31)27-9-6-16-4-5-18(32-3)19(12-16)33-24(25)26/h4-5,12-13,17,24H,6-11H2,1-3H3,(H,27,31). The van der Waals surface area contributed by atoms with Crippen LogP contribution in [0.1, 0.15) is 28.8 Å². The third kappa shape index (κ3) is 5.22. The van der Waals surface area contributed by atoms with Gasteiger partial charge in [-0.15, -0.1) is 11.3 Å². The van der Waals surface area contributed by atoms with E-state index in [9.17, 15) is 13.6 Å². The molecule has 0 spiro atoms. The van der Waals surface area contributed by atoms with Gasteiger partial charge in [-0.3, -0.25) is 4.79 Å². The summed E-state index contributed by atoms with van der Waals surface area (Å²) in [6.45, 7) is 3.20. The lowest BCUT2D eigenvalue weighted by molar-refractivity contribution is -0.125. The number of ether oxygens (including phenoxy) is 2. The zero-order chi connectivity index (χ0) is 24.2. The molecule has 1 saturated heterocycles. The number of carbonyl (C=O) groups is 1. The van der Waals surface area contributed by atoms with Crippen LogP contribution in [-0.4, -0.2) is 49.2 Å². The molecule has 0 saturated carbocycles. The van der Waals surface area contributed by atoms with Crippen molar-refractivity contribution in [2.75, 3.05) is 31.6 Å². The van der Waals surface area contributed by atoms with Gasteiger partial charge in [0.05, 0.1) is 12.5 Å². The Labute approximate surface area is 201 Å². The molecule has 0 bridgehead atoms. The minimum atomic E-state index is -2.93. The molecule has 2 aromatic heterocycles. The lowest BCUT2D eigenvalue weighted by atomic mass is 9.95. The second-order valence-corrected chi connectivity index (χ2v) is 9.53. The number of thiophene rings is 1. The fourth-order valence-electron chi connectivity index (χ4n) is 4.30. The Morgan fingerprint density at radius 3 is 2.71 bits per heavy atom. The van der Waals surface area contributed by atoms with E-state index in [4.69, 9.17) is 4.74 Å². The molecule has 3 heterocycles. The lowest BCUT2D eigenvalue weighted by Gasteiger charge is -2.32. The Morgan fingerprint density at radius 2 is 2.00 bits per heavy atom. The minimum Gasteiger partial charge on any atom is -0.493 e. The topological polar surface area (TPSA) is 76.6 Å². The molecule has 1 amide bonds. The molecule has 4 rings (SSSR count). The zero-order valence-electron chi connectivity index (χ0n) is 19.4. The van der Waals surface area contributed by atoms with Crippen LogP contribution in [0.5, 0.6) is 11.5 Å². The van der Waals surface area contributed by atoms with Crippen molar-refractivity contribution < 1.29 is 23.0 Å². The summed E-state index contributed by atoms with van der Waals surface area (Å²) in [4.78, 5) is 26.2. The highest BCUT2D eigenvalue weighted by atomic mass is 32.1. The van der Waals surface area contributed by atoms with E-state index >= 15 is 0 Å². The SMILES string of the molecule is COc1ccc(CCNC(=O)C2CCN(c3ncnc4sc(C)c(C)c34)CC2)cc1OC(F)F. The molecule has 1 aliphatic rings. The summed E-state index contributed by atoms with van der Waals surface area (Å²) in [5.74, 6) is 1.14. The van der Waals surface area contributed by atoms with Crippen LogP contribution in [0.3, 0.4) is 0 Å². The summed E-state index contributed by atoms with van der Waals surface area (Å²) in [5, 5.41) is 4.10. The molecular formula is C24H28F2N4O3S. The van der Waals surface area contributed by atoms with Gasteiger partial charge >= 0.3 is 6.61 Å². The number of aryl methyl sites for hydroxylation is 2. The number of fused-ring (bicyclic) bond motifs is 1. The molecule has 0 atom stereocenters. The van der Waals surface area contributed by atoms with Crippen LogP contribution in [-0.2, 0) is 11.2 Å². The van der Waals surface area contributed by atoms with E-state index < -0.39 is 6.61 Å². The normalized spacial score (nSPS) is 14.6. The second kappa shape index (κ2) is 10.5. The van der Waals surface area contributed by atoms with Gasteiger partial charge in [-0.1, -0.05) is 6.07 Å². The quantitative estimate of drug-likeness (QED) is 0.501. The van der Waals surface area contributed by atoms with Crippen molar-refractivity contribution in [3.05, 3.63) is 40.5 Å². The van der Waals surface area contributed by atoms with Crippen LogP contribution in [0, 0.1) is 19.8 Å². The number of amides is 1. The van der Waals surface area contributed by atoms with Crippen molar-refractivity contribution in [3.8, 4) is 11.5 Å². The molecule has 7 nitrogen and oxygen atoms in total. The summed E-state index contributed by atoms with van der Waals surface area (Å²) in [5.41, 5.74) is 2.00. The number of nitrogens with one attached hydrogen (secondary N) is 1. The van der Waals surface area contributed by atoms with E-state index in [1.54, 1.807) is 29.8 Å². The summed E-state index contributed by atoms with van der Waals surface area (Å²) < 4.78 is 34.8. The van der Waals surface area contributed by atoms with E-state index in [1.807, 2.05) is 0 Å². The maximum absolute atomic E-state index is 12.7. The van der Waals surface area contributed by atoms with Gasteiger partial charge in [0.25, 0.3) is 0 Å². The number of nitrogens with zero attached hydrogens (tertiary/aromatic N) is 3. The number of halogens is 2. The number of piperidine rings is 1. The average Bonchev–Trinajstić information content (AvgIpc) is 3.12. The Morgan fingerprint density at radius 1 is 1.24 bits per heavy atom. The van der Waals surface area contributed by atoms with Crippen LogP contribution < -0.4 is 19.7 Å². The van der Waals surface area contributed by atoms with Crippen LogP contribution in [0.25, 0.3) is 10.2 Å². The fourth-order valence-corrected chi connectivity index (χ4v) is 5.29. The Bertz CT molecular complexity index is 1160. The molecule has 34 heavy (non-hydrogen) atoms. The van der Waals surface area contributed by atoms with Crippen molar-refractivity contribution in [1.29, 1.82) is 0 Å². The number of alkyl halides is 2. The number of hydrogen-bond acceptors (Lipinski definition) is 7. The number of rotatable bonds is 8. The Hall–Kier alpha value is -3.01. The van der Waals surface area contributed by atoms with Crippen molar-refractivity contribution in [2.24, 2.45) is 5.92 Å². The first-order chi connectivity index (χ1) is 16.4. The summed E-state index contributed by atoms with van der Waals surface area (Å²) in [7, 11) is 1.40. The fraction of sp³-hybridized carbons (Fsp3) is 0.458. The van der Waals surface area contributed by atoms with Crippen LogP contribution >= 0.6 is 11.3 Å². The largest absolute Gasteiger partial charge is 0.493 e. The molecular weight excluding hydrogens is 462 g/mol. The van der Waals surface area contributed by atoms with Gasteiger partial charge < -0.3 is 19.7 Å². The van der Waals surface area contributed by atoms with Gasteiger partial charge in [0, 0.05) is 30.4 Å². The minimum absolute atomic E-state index is 0.0106. The Kier molecular flexibility index (Phi) is 7.45. The smallest absolute Gasteiger partial charge is 0.387 e. The third-order valence-electron chi connectivity index (χ3n) is 6.27. The number of carbonyl (C=O) groups excluding carboxylic acids is 1. The predicted octanol–water partition coefficient (Wildman–Crippen LogP) is 4.49. The van der Waals surface area contributed by atoms with Crippen LogP contribution in [0.4, 0.5) is 14.6 Å². The maximum Gasteiger partial charge on any atom is 0.387 e. The Balaban J connectivity index is 1.30. The van der Waals surface area contributed by atoms with E-state index in [1.165, 1.54) is 23.6 Å². The predicted molar refractivity (Wildman–Crippen MR) is 128 cm³/mol. The lowest BCUT2D eigenvalue weighted by Crippen LogP contribution is -2.41. The van der Waals surface area contributed by atoms with E-state index in [0.717, 1.165) is 47.5 Å².